The first-order valence-electron chi connectivity index (χ1n) is 8.11. The van der Waals surface area contributed by atoms with E-state index in [4.69, 9.17) is 0 Å². The van der Waals surface area contributed by atoms with Gasteiger partial charge in [-0.3, -0.25) is 10.1 Å². The van der Waals surface area contributed by atoms with Gasteiger partial charge in [0.2, 0.25) is 11.0 Å². The van der Waals surface area contributed by atoms with Crippen LogP contribution in [0.2, 0.25) is 0 Å². The number of urea groups is 1. The number of carbonyl (C=O) groups excluding carboxylic acids is 2. The molecule has 10 heteroatoms. The maximum Gasteiger partial charge on any atom is 0.325 e. The van der Waals surface area contributed by atoms with Crippen LogP contribution < -0.4 is 16.1 Å². The molecule has 0 aliphatic rings. The number of halogens is 1. The summed E-state index contributed by atoms with van der Waals surface area (Å²) in [5.74, 6) is -0.329. The van der Waals surface area contributed by atoms with Crippen LogP contribution in [0.3, 0.4) is 0 Å². The molecular formula is C18H15BrN6O2S. The molecule has 0 spiro atoms. The van der Waals surface area contributed by atoms with Gasteiger partial charge >= 0.3 is 6.03 Å². The molecule has 28 heavy (non-hydrogen) atoms. The predicted molar refractivity (Wildman–Crippen MR) is 113 cm³/mol. The van der Waals surface area contributed by atoms with Gasteiger partial charge in [-0.2, -0.15) is 5.10 Å². The molecule has 2 aromatic carbocycles. The van der Waals surface area contributed by atoms with Crippen LogP contribution in [0.15, 0.2) is 64.2 Å². The number of benzene rings is 2. The smallest absolute Gasteiger partial charge is 0.308 e. The highest BCUT2D eigenvalue weighted by molar-refractivity contribution is 9.10. The summed E-state index contributed by atoms with van der Waals surface area (Å²) in [5, 5.41) is 17.7. The third kappa shape index (κ3) is 6.25. The van der Waals surface area contributed by atoms with Crippen LogP contribution in [0.1, 0.15) is 10.6 Å². The minimum absolute atomic E-state index is 0.0112. The van der Waals surface area contributed by atoms with Gasteiger partial charge in [-0.05, 0) is 29.8 Å². The van der Waals surface area contributed by atoms with E-state index in [-0.39, 0.29) is 12.3 Å². The maximum absolute atomic E-state index is 11.9. The van der Waals surface area contributed by atoms with E-state index < -0.39 is 6.03 Å². The van der Waals surface area contributed by atoms with Crippen molar-refractivity contribution in [3.05, 3.63) is 69.6 Å². The van der Waals surface area contributed by atoms with Gasteiger partial charge in [-0.25, -0.2) is 10.2 Å². The average molecular weight is 459 g/mol. The van der Waals surface area contributed by atoms with Crippen LogP contribution in [0.25, 0.3) is 0 Å². The van der Waals surface area contributed by atoms with Gasteiger partial charge in [0.1, 0.15) is 5.01 Å². The second-order valence-electron chi connectivity index (χ2n) is 5.47. The van der Waals surface area contributed by atoms with Gasteiger partial charge in [0.25, 0.3) is 0 Å². The summed E-state index contributed by atoms with van der Waals surface area (Å²) in [7, 11) is 0. The predicted octanol–water partition coefficient (Wildman–Crippen LogP) is 3.64. The SMILES string of the molecule is O=C(Cc1nnc(NC(=O)Nc2ccccc2)s1)NN=Cc1ccc(Br)cc1. The highest BCUT2D eigenvalue weighted by Crippen LogP contribution is 2.16. The van der Waals surface area contributed by atoms with E-state index in [1.807, 2.05) is 42.5 Å². The standard InChI is InChI=1S/C18H15BrN6O2S/c19-13-8-6-12(7-9-13)11-20-23-15(26)10-16-24-25-18(28-16)22-17(27)21-14-4-2-1-3-5-14/h1-9,11H,10H2,(H,23,26)(H2,21,22,25,27). The van der Waals surface area contributed by atoms with Gasteiger partial charge in [0.05, 0.1) is 12.6 Å². The molecule has 0 aliphatic heterocycles. The van der Waals surface area contributed by atoms with E-state index in [1.54, 1.807) is 18.3 Å². The molecule has 0 bridgehead atoms. The van der Waals surface area contributed by atoms with Crippen LogP contribution >= 0.6 is 27.3 Å². The molecule has 0 saturated heterocycles. The molecule has 0 aliphatic carbocycles. The normalized spacial score (nSPS) is 10.6. The summed E-state index contributed by atoms with van der Waals surface area (Å²) in [4.78, 5) is 23.9. The zero-order chi connectivity index (χ0) is 19.8. The molecule has 0 fully saturated rings. The number of carbonyl (C=O) groups is 2. The van der Waals surface area contributed by atoms with Crippen molar-refractivity contribution in [3.63, 3.8) is 0 Å². The number of anilines is 2. The Morgan fingerprint density at radius 2 is 1.79 bits per heavy atom. The molecule has 8 nitrogen and oxygen atoms in total. The largest absolute Gasteiger partial charge is 0.325 e. The summed E-state index contributed by atoms with van der Waals surface area (Å²) in [5.41, 5.74) is 3.95. The van der Waals surface area contributed by atoms with Gasteiger partial charge in [-0.1, -0.05) is 57.6 Å². The Balaban J connectivity index is 1.46. The zero-order valence-electron chi connectivity index (χ0n) is 14.4. The lowest BCUT2D eigenvalue weighted by Crippen LogP contribution is -2.19. The topological polar surface area (TPSA) is 108 Å². The second kappa shape index (κ2) is 9.72. The highest BCUT2D eigenvalue weighted by atomic mass is 79.9. The first kappa shape index (κ1) is 19.6. The van der Waals surface area contributed by atoms with E-state index >= 15 is 0 Å². The minimum Gasteiger partial charge on any atom is -0.308 e. The van der Waals surface area contributed by atoms with Crippen molar-refractivity contribution in [2.75, 3.05) is 10.6 Å². The number of aromatic nitrogens is 2. The number of rotatable bonds is 6. The maximum atomic E-state index is 11.9. The molecule has 1 heterocycles. The third-order valence-corrected chi connectivity index (χ3v) is 4.67. The van der Waals surface area contributed by atoms with E-state index in [0.717, 1.165) is 21.4 Å². The van der Waals surface area contributed by atoms with Gasteiger partial charge < -0.3 is 5.32 Å². The van der Waals surface area contributed by atoms with Crippen molar-refractivity contribution in [3.8, 4) is 0 Å². The molecule has 3 rings (SSSR count). The number of nitrogens with one attached hydrogen (secondary N) is 3. The van der Waals surface area contributed by atoms with Crippen LogP contribution in [-0.4, -0.2) is 28.4 Å². The molecule has 3 aromatic rings. The summed E-state index contributed by atoms with van der Waals surface area (Å²) in [6.07, 6.45) is 1.56. The Morgan fingerprint density at radius 1 is 1.04 bits per heavy atom. The number of hydrogen-bond donors (Lipinski definition) is 3. The number of para-hydroxylation sites is 1. The van der Waals surface area contributed by atoms with Crippen molar-refractivity contribution in [2.45, 2.75) is 6.42 Å². The molecule has 0 atom stereocenters. The Bertz CT molecular complexity index is 975. The number of hydrazone groups is 1. The Hall–Kier alpha value is -3.11. The second-order valence-corrected chi connectivity index (χ2v) is 7.45. The van der Waals surface area contributed by atoms with Crippen molar-refractivity contribution >= 4 is 56.2 Å². The van der Waals surface area contributed by atoms with E-state index in [1.165, 1.54) is 0 Å². The van der Waals surface area contributed by atoms with Gasteiger partial charge in [-0.15, -0.1) is 10.2 Å². The van der Waals surface area contributed by atoms with Crippen molar-refractivity contribution < 1.29 is 9.59 Å². The summed E-state index contributed by atoms with van der Waals surface area (Å²) in [6, 6.07) is 16.1. The number of nitrogens with zero attached hydrogens (tertiary/aromatic N) is 3. The van der Waals surface area contributed by atoms with E-state index in [0.29, 0.717) is 15.8 Å². The van der Waals surface area contributed by atoms with Crippen LogP contribution in [0, 0.1) is 0 Å². The lowest BCUT2D eigenvalue weighted by molar-refractivity contribution is -0.120. The molecular weight excluding hydrogens is 444 g/mol. The molecule has 3 N–H and O–H groups in total. The average Bonchev–Trinajstić information content (AvgIpc) is 3.10. The number of amides is 3. The molecule has 3 amide bonds. The molecule has 1 aromatic heterocycles. The first-order valence-corrected chi connectivity index (χ1v) is 9.72. The fraction of sp³-hybridized carbons (Fsp3) is 0.0556. The fourth-order valence-electron chi connectivity index (χ4n) is 2.06. The third-order valence-electron chi connectivity index (χ3n) is 3.30. The molecule has 0 saturated carbocycles. The molecule has 142 valence electrons. The van der Waals surface area contributed by atoms with Gasteiger partial charge in [0.15, 0.2) is 0 Å². The van der Waals surface area contributed by atoms with Gasteiger partial charge in [0, 0.05) is 10.2 Å². The van der Waals surface area contributed by atoms with E-state index in [2.05, 4.69) is 47.3 Å². The van der Waals surface area contributed by atoms with Crippen LogP contribution in [0.5, 0.6) is 0 Å². The first-order chi connectivity index (χ1) is 13.6. The summed E-state index contributed by atoms with van der Waals surface area (Å²) >= 11 is 4.47. The Labute approximate surface area is 173 Å². The lowest BCUT2D eigenvalue weighted by Gasteiger charge is -2.03. The van der Waals surface area contributed by atoms with Crippen molar-refractivity contribution in [1.29, 1.82) is 0 Å². The summed E-state index contributed by atoms with van der Waals surface area (Å²) in [6.45, 7) is 0. The van der Waals surface area contributed by atoms with Crippen LogP contribution in [-0.2, 0) is 11.2 Å². The number of hydrogen-bond acceptors (Lipinski definition) is 6. The molecule has 0 unspecified atom stereocenters. The van der Waals surface area contributed by atoms with Crippen molar-refractivity contribution in [1.82, 2.24) is 15.6 Å². The quantitative estimate of drug-likeness (QED) is 0.386. The molecule has 0 radical (unpaired) electrons. The minimum atomic E-state index is -0.433. The lowest BCUT2D eigenvalue weighted by atomic mass is 10.2. The highest BCUT2D eigenvalue weighted by Gasteiger charge is 2.11. The van der Waals surface area contributed by atoms with Crippen molar-refractivity contribution in [2.24, 2.45) is 5.10 Å². The Morgan fingerprint density at radius 3 is 2.54 bits per heavy atom. The van der Waals surface area contributed by atoms with Crippen LogP contribution in [0.4, 0.5) is 15.6 Å². The van der Waals surface area contributed by atoms with E-state index in [9.17, 15) is 9.59 Å². The summed E-state index contributed by atoms with van der Waals surface area (Å²) < 4.78 is 0.965. The fourth-order valence-corrected chi connectivity index (χ4v) is 3.06. The monoisotopic (exact) mass is 458 g/mol. The Kier molecular flexibility index (Phi) is 6.82. The zero-order valence-corrected chi connectivity index (χ0v) is 16.8.